The van der Waals surface area contributed by atoms with Gasteiger partial charge in [0, 0.05) is 13.1 Å². The number of benzene rings is 1. The Morgan fingerprint density at radius 1 is 1.20 bits per heavy atom. The molecule has 1 aromatic carbocycles. The van der Waals surface area contributed by atoms with Gasteiger partial charge in [0.1, 0.15) is 0 Å². The summed E-state index contributed by atoms with van der Waals surface area (Å²) in [5, 5.41) is 1.01. The fraction of sp³-hybridized carbons (Fsp3) is 0.364. The summed E-state index contributed by atoms with van der Waals surface area (Å²) < 4.78 is 2.37. The third-order valence-corrected chi connectivity index (χ3v) is 3.64. The van der Waals surface area contributed by atoms with E-state index in [1.807, 2.05) is 18.2 Å². The standard InChI is InChI=1S/C11H13N3S/c1-2-6-10-9(5-1)12-11(13-10)15-14-7-3-4-8-14/h1-2,5-6H,3-4,7-8H2,(H,12,13). The van der Waals surface area contributed by atoms with E-state index in [1.54, 1.807) is 11.9 Å². The molecule has 0 amide bonds. The van der Waals surface area contributed by atoms with E-state index in [1.165, 1.54) is 25.9 Å². The fourth-order valence-electron chi connectivity index (χ4n) is 1.87. The molecule has 2 aromatic rings. The van der Waals surface area contributed by atoms with E-state index in [9.17, 15) is 0 Å². The van der Waals surface area contributed by atoms with Crippen molar-refractivity contribution in [3.05, 3.63) is 24.3 Å². The molecule has 0 spiro atoms. The second-order valence-electron chi connectivity index (χ2n) is 3.79. The van der Waals surface area contributed by atoms with Gasteiger partial charge >= 0.3 is 0 Å². The first kappa shape index (κ1) is 9.24. The van der Waals surface area contributed by atoms with Crippen LogP contribution < -0.4 is 0 Å². The minimum Gasteiger partial charge on any atom is -0.332 e. The van der Waals surface area contributed by atoms with Crippen molar-refractivity contribution in [2.24, 2.45) is 0 Å². The van der Waals surface area contributed by atoms with Crippen molar-refractivity contribution in [2.75, 3.05) is 13.1 Å². The summed E-state index contributed by atoms with van der Waals surface area (Å²) in [6.45, 7) is 2.36. The molecule has 78 valence electrons. The molecule has 1 fully saturated rings. The van der Waals surface area contributed by atoms with Crippen molar-refractivity contribution < 1.29 is 0 Å². The minimum atomic E-state index is 1.01. The number of aromatic amines is 1. The first-order valence-electron chi connectivity index (χ1n) is 5.29. The normalized spacial score (nSPS) is 17.6. The predicted molar refractivity (Wildman–Crippen MR) is 62.8 cm³/mol. The maximum Gasteiger partial charge on any atom is 0.181 e. The molecule has 0 radical (unpaired) electrons. The predicted octanol–water partition coefficient (Wildman–Crippen LogP) is 2.67. The van der Waals surface area contributed by atoms with Crippen LogP contribution in [-0.2, 0) is 0 Å². The molecule has 3 rings (SSSR count). The Hall–Kier alpha value is -1.00. The summed E-state index contributed by atoms with van der Waals surface area (Å²) in [4.78, 5) is 7.87. The topological polar surface area (TPSA) is 31.9 Å². The summed E-state index contributed by atoms with van der Waals surface area (Å²) in [5.41, 5.74) is 2.18. The average Bonchev–Trinajstić information content (AvgIpc) is 2.86. The van der Waals surface area contributed by atoms with Gasteiger partial charge in [-0.2, -0.15) is 0 Å². The Morgan fingerprint density at radius 3 is 2.80 bits per heavy atom. The zero-order chi connectivity index (χ0) is 10.1. The summed E-state index contributed by atoms with van der Waals surface area (Å²) in [7, 11) is 0. The molecule has 3 nitrogen and oxygen atoms in total. The van der Waals surface area contributed by atoms with Gasteiger partial charge in [0.25, 0.3) is 0 Å². The highest BCUT2D eigenvalue weighted by Gasteiger charge is 2.14. The van der Waals surface area contributed by atoms with E-state index in [0.29, 0.717) is 0 Å². The smallest absolute Gasteiger partial charge is 0.181 e. The molecule has 1 aromatic heterocycles. The third kappa shape index (κ3) is 1.87. The number of aromatic nitrogens is 2. The number of rotatable bonds is 2. The molecule has 0 atom stereocenters. The van der Waals surface area contributed by atoms with Crippen molar-refractivity contribution >= 4 is 23.0 Å². The van der Waals surface area contributed by atoms with Crippen LogP contribution in [0.25, 0.3) is 11.0 Å². The van der Waals surface area contributed by atoms with Crippen LogP contribution in [-0.4, -0.2) is 27.4 Å². The molecule has 15 heavy (non-hydrogen) atoms. The van der Waals surface area contributed by atoms with Crippen LogP contribution in [0, 0.1) is 0 Å². The number of nitrogens with one attached hydrogen (secondary N) is 1. The van der Waals surface area contributed by atoms with Crippen molar-refractivity contribution in [1.82, 2.24) is 14.3 Å². The quantitative estimate of drug-likeness (QED) is 0.788. The monoisotopic (exact) mass is 219 g/mol. The zero-order valence-corrected chi connectivity index (χ0v) is 9.26. The lowest BCUT2D eigenvalue weighted by Gasteiger charge is -2.09. The molecule has 0 aliphatic carbocycles. The van der Waals surface area contributed by atoms with Gasteiger partial charge in [-0.05, 0) is 36.9 Å². The largest absolute Gasteiger partial charge is 0.332 e. The van der Waals surface area contributed by atoms with Gasteiger partial charge in [-0.15, -0.1) is 0 Å². The molecule has 1 saturated heterocycles. The summed E-state index contributed by atoms with van der Waals surface area (Å²) >= 11 is 1.74. The highest BCUT2D eigenvalue weighted by atomic mass is 32.2. The number of hydrogen-bond acceptors (Lipinski definition) is 3. The summed E-state index contributed by atoms with van der Waals surface area (Å²) in [6, 6.07) is 8.16. The highest BCUT2D eigenvalue weighted by Crippen LogP contribution is 2.25. The maximum atomic E-state index is 4.54. The van der Waals surface area contributed by atoms with Crippen LogP contribution in [0.1, 0.15) is 12.8 Å². The average molecular weight is 219 g/mol. The van der Waals surface area contributed by atoms with Gasteiger partial charge in [-0.1, -0.05) is 12.1 Å². The van der Waals surface area contributed by atoms with Crippen molar-refractivity contribution in [3.8, 4) is 0 Å². The molecular weight excluding hydrogens is 206 g/mol. The fourth-order valence-corrected chi connectivity index (χ4v) is 2.85. The van der Waals surface area contributed by atoms with E-state index in [0.717, 1.165) is 16.2 Å². The Balaban J connectivity index is 1.84. The van der Waals surface area contributed by atoms with Crippen LogP contribution >= 0.6 is 11.9 Å². The lowest BCUT2D eigenvalue weighted by Crippen LogP contribution is -2.08. The van der Waals surface area contributed by atoms with Crippen LogP contribution in [0.15, 0.2) is 29.4 Å². The van der Waals surface area contributed by atoms with E-state index in [2.05, 4.69) is 20.3 Å². The molecule has 1 aliphatic heterocycles. The molecule has 2 heterocycles. The number of imidazole rings is 1. The molecule has 0 unspecified atom stereocenters. The Kier molecular flexibility index (Phi) is 2.38. The van der Waals surface area contributed by atoms with E-state index < -0.39 is 0 Å². The first-order valence-corrected chi connectivity index (χ1v) is 6.07. The lowest BCUT2D eigenvalue weighted by molar-refractivity contribution is 0.583. The van der Waals surface area contributed by atoms with Crippen LogP contribution in [0.3, 0.4) is 0 Å². The van der Waals surface area contributed by atoms with Crippen molar-refractivity contribution in [3.63, 3.8) is 0 Å². The van der Waals surface area contributed by atoms with Crippen molar-refractivity contribution in [1.29, 1.82) is 0 Å². The van der Waals surface area contributed by atoms with Gasteiger partial charge in [0.05, 0.1) is 11.0 Å². The van der Waals surface area contributed by atoms with Gasteiger partial charge in [0.2, 0.25) is 0 Å². The van der Waals surface area contributed by atoms with Gasteiger partial charge in [-0.25, -0.2) is 9.29 Å². The minimum absolute atomic E-state index is 1.01. The maximum absolute atomic E-state index is 4.54. The number of H-pyrrole nitrogens is 1. The summed E-state index contributed by atoms with van der Waals surface area (Å²) in [6.07, 6.45) is 2.63. The number of fused-ring (bicyclic) bond motifs is 1. The molecule has 0 saturated carbocycles. The zero-order valence-electron chi connectivity index (χ0n) is 8.44. The Bertz CT molecular complexity index is 427. The van der Waals surface area contributed by atoms with Gasteiger partial charge < -0.3 is 4.98 Å². The number of para-hydroxylation sites is 2. The molecular formula is C11H13N3S. The van der Waals surface area contributed by atoms with E-state index >= 15 is 0 Å². The Labute approximate surface area is 93.0 Å². The lowest BCUT2D eigenvalue weighted by atomic mass is 10.3. The van der Waals surface area contributed by atoms with Crippen LogP contribution in [0.5, 0.6) is 0 Å². The number of nitrogens with zero attached hydrogens (tertiary/aromatic N) is 2. The van der Waals surface area contributed by atoms with Gasteiger partial charge in [0.15, 0.2) is 5.16 Å². The second-order valence-corrected chi connectivity index (χ2v) is 4.87. The SMILES string of the molecule is c1ccc2[nH]c(SN3CCCC3)nc2c1. The first-order chi connectivity index (χ1) is 7.42. The number of hydrogen-bond donors (Lipinski definition) is 1. The van der Waals surface area contributed by atoms with E-state index in [-0.39, 0.29) is 0 Å². The second kappa shape index (κ2) is 3.87. The third-order valence-electron chi connectivity index (χ3n) is 2.65. The molecule has 4 heteroatoms. The molecule has 1 aliphatic rings. The molecule has 1 N–H and O–H groups in total. The molecule has 0 bridgehead atoms. The van der Waals surface area contributed by atoms with Crippen LogP contribution in [0.2, 0.25) is 0 Å². The highest BCUT2D eigenvalue weighted by molar-refractivity contribution is 7.96. The van der Waals surface area contributed by atoms with Crippen molar-refractivity contribution in [2.45, 2.75) is 18.0 Å². The summed E-state index contributed by atoms with van der Waals surface area (Å²) in [5.74, 6) is 0. The Morgan fingerprint density at radius 2 is 2.00 bits per heavy atom. The van der Waals surface area contributed by atoms with E-state index in [4.69, 9.17) is 0 Å². The van der Waals surface area contributed by atoms with Crippen LogP contribution in [0.4, 0.5) is 0 Å². The van der Waals surface area contributed by atoms with Gasteiger partial charge in [-0.3, -0.25) is 0 Å².